The number of rotatable bonds is 4. The second kappa shape index (κ2) is 5.10. The number of nitrogens with one attached hydrogen (secondary N) is 1. The summed E-state index contributed by atoms with van der Waals surface area (Å²) in [6.07, 6.45) is 4.17. The van der Waals surface area contributed by atoms with Crippen LogP contribution in [0.25, 0.3) is 0 Å². The molecule has 1 aromatic rings. The fourth-order valence-electron chi connectivity index (χ4n) is 2.28. The average Bonchev–Trinajstić information content (AvgIpc) is 2.86. The first-order valence-electron chi connectivity index (χ1n) is 5.78. The van der Waals surface area contributed by atoms with Gasteiger partial charge < -0.3 is 10.4 Å². The Bertz CT molecular complexity index is 286. The van der Waals surface area contributed by atoms with Crippen LogP contribution in [0.3, 0.4) is 0 Å². The van der Waals surface area contributed by atoms with Crippen LogP contribution in [-0.2, 0) is 0 Å². The third-order valence-electron chi connectivity index (χ3n) is 3.19. The lowest BCUT2D eigenvalue weighted by Gasteiger charge is -2.23. The van der Waals surface area contributed by atoms with E-state index in [4.69, 9.17) is 0 Å². The highest BCUT2D eigenvalue weighted by Crippen LogP contribution is 2.26. The van der Waals surface area contributed by atoms with Crippen molar-refractivity contribution in [2.24, 2.45) is 0 Å². The van der Waals surface area contributed by atoms with E-state index in [0.29, 0.717) is 12.1 Å². The van der Waals surface area contributed by atoms with Crippen molar-refractivity contribution in [1.82, 2.24) is 5.32 Å². The molecule has 1 aliphatic carbocycles. The van der Waals surface area contributed by atoms with E-state index < -0.39 is 0 Å². The van der Waals surface area contributed by atoms with Crippen LogP contribution in [0.1, 0.15) is 43.5 Å². The number of aliphatic hydroxyl groups is 1. The molecule has 1 fully saturated rings. The van der Waals surface area contributed by atoms with Crippen molar-refractivity contribution in [1.29, 1.82) is 0 Å². The van der Waals surface area contributed by atoms with Gasteiger partial charge in [-0.1, -0.05) is 13.0 Å². The molecule has 0 radical (unpaired) electrons. The first kappa shape index (κ1) is 11.1. The van der Waals surface area contributed by atoms with Crippen LogP contribution >= 0.6 is 11.3 Å². The molecule has 1 aliphatic rings. The maximum atomic E-state index is 9.77. The van der Waals surface area contributed by atoms with Crippen molar-refractivity contribution < 1.29 is 5.11 Å². The Hall–Kier alpha value is -0.380. The monoisotopic (exact) mass is 225 g/mol. The van der Waals surface area contributed by atoms with Crippen LogP contribution in [0.2, 0.25) is 0 Å². The fourth-order valence-corrected chi connectivity index (χ4v) is 3.15. The van der Waals surface area contributed by atoms with Gasteiger partial charge in [0, 0.05) is 17.0 Å². The summed E-state index contributed by atoms with van der Waals surface area (Å²) < 4.78 is 0. The van der Waals surface area contributed by atoms with Crippen LogP contribution < -0.4 is 5.32 Å². The molecule has 1 aromatic heterocycles. The highest BCUT2D eigenvalue weighted by molar-refractivity contribution is 7.10. The van der Waals surface area contributed by atoms with Gasteiger partial charge in [0.25, 0.3) is 0 Å². The summed E-state index contributed by atoms with van der Waals surface area (Å²) in [6.45, 7) is 2.19. The fraction of sp³-hybridized carbons (Fsp3) is 0.667. The van der Waals surface area contributed by atoms with E-state index >= 15 is 0 Å². The maximum absolute atomic E-state index is 9.77. The zero-order valence-electron chi connectivity index (χ0n) is 9.15. The summed E-state index contributed by atoms with van der Waals surface area (Å²) >= 11 is 1.80. The molecule has 0 amide bonds. The van der Waals surface area contributed by atoms with Crippen LogP contribution in [0.4, 0.5) is 0 Å². The summed E-state index contributed by atoms with van der Waals surface area (Å²) in [5.74, 6) is 0. The smallest absolute Gasteiger partial charge is 0.0693 e. The molecule has 15 heavy (non-hydrogen) atoms. The molecule has 1 saturated carbocycles. The number of hydrogen-bond acceptors (Lipinski definition) is 3. The topological polar surface area (TPSA) is 32.3 Å². The van der Waals surface area contributed by atoms with Crippen LogP contribution in [0.15, 0.2) is 17.5 Å². The van der Waals surface area contributed by atoms with Gasteiger partial charge in [-0.2, -0.15) is 0 Å². The molecule has 3 heteroatoms. The van der Waals surface area contributed by atoms with Crippen molar-refractivity contribution in [2.75, 3.05) is 0 Å². The largest absolute Gasteiger partial charge is 0.392 e. The first-order valence-corrected chi connectivity index (χ1v) is 6.66. The second-order valence-electron chi connectivity index (χ2n) is 4.25. The molecule has 2 N–H and O–H groups in total. The summed E-state index contributed by atoms with van der Waals surface area (Å²) in [7, 11) is 0. The van der Waals surface area contributed by atoms with E-state index in [1.54, 1.807) is 11.3 Å². The molecule has 1 heterocycles. The zero-order chi connectivity index (χ0) is 10.7. The molecular weight excluding hydrogens is 206 g/mol. The minimum atomic E-state index is -0.140. The Kier molecular flexibility index (Phi) is 3.78. The molecular formula is C12H19NOS. The van der Waals surface area contributed by atoms with E-state index in [1.807, 2.05) is 0 Å². The molecule has 0 aliphatic heterocycles. The lowest BCUT2D eigenvalue weighted by molar-refractivity contribution is 0.142. The lowest BCUT2D eigenvalue weighted by Crippen LogP contribution is -2.37. The predicted octanol–water partition coefficient (Wildman–Crippen LogP) is 2.70. The Labute approximate surface area is 95.3 Å². The van der Waals surface area contributed by atoms with Gasteiger partial charge in [-0.15, -0.1) is 11.3 Å². The average molecular weight is 225 g/mol. The van der Waals surface area contributed by atoms with Crippen LogP contribution in [0.5, 0.6) is 0 Å². The predicted molar refractivity (Wildman–Crippen MR) is 64.1 cm³/mol. The summed E-state index contributed by atoms with van der Waals surface area (Å²) in [4.78, 5) is 1.39. The Balaban J connectivity index is 1.96. The molecule has 0 bridgehead atoms. The van der Waals surface area contributed by atoms with E-state index in [1.165, 1.54) is 4.88 Å². The quantitative estimate of drug-likeness (QED) is 0.825. The minimum absolute atomic E-state index is 0.140. The summed E-state index contributed by atoms with van der Waals surface area (Å²) in [5.41, 5.74) is 0. The van der Waals surface area contributed by atoms with Gasteiger partial charge >= 0.3 is 0 Å². The second-order valence-corrected chi connectivity index (χ2v) is 5.23. The minimum Gasteiger partial charge on any atom is -0.392 e. The SMILES string of the molecule is CCC(N[C@H]1CCC[C@@H]1O)c1cccs1. The Morgan fingerprint density at radius 1 is 1.60 bits per heavy atom. The molecule has 1 unspecified atom stereocenters. The van der Waals surface area contributed by atoms with Gasteiger partial charge in [0.2, 0.25) is 0 Å². The molecule has 84 valence electrons. The van der Waals surface area contributed by atoms with Crippen molar-refractivity contribution in [3.8, 4) is 0 Å². The highest BCUT2D eigenvalue weighted by Gasteiger charge is 2.27. The zero-order valence-corrected chi connectivity index (χ0v) is 9.96. The number of thiophene rings is 1. The molecule has 0 aromatic carbocycles. The van der Waals surface area contributed by atoms with Crippen molar-refractivity contribution in [3.05, 3.63) is 22.4 Å². The maximum Gasteiger partial charge on any atom is 0.0693 e. The summed E-state index contributed by atoms with van der Waals surface area (Å²) in [6, 6.07) is 4.99. The van der Waals surface area contributed by atoms with Gasteiger partial charge in [-0.3, -0.25) is 0 Å². The van der Waals surface area contributed by atoms with Gasteiger partial charge in [0.1, 0.15) is 0 Å². The van der Waals surface area contributed by atoms with Crippen molar-refractivity contribution in [2.45, 2.75) is 50.8 Å². The standard InChI is InChI=1S/C12H19NOS/c1-2-9(12-7-4-8-15-12)13-10-5-3-6-11(10)14/h4,7-11,13-14H,2-3,5-6H2,1H3/t9?,10-,11-/m0/s1. The van der Waals surface area contributed by atoms with Gasteiger partial charge in [0.15, 0.2) is 0 Å². The molecule has 0 spiro atoms. The Morgan fingerprint density at radius 3 is 3.00 bits per heavy atom. The molecule has 2 rings (SSSR count). The van der Waals surface area contributed by atoms with E-state index in [0.717, 1.165) is 25.7 Å². The normalized spacial score (nSPS) is 28.1. The third kappa shape index (κ3) is 2.60. The van der Waals surface area contributed by atoms with Gasteiger partial charge in [-0.25, -0.2) is 0 Å². The molecule has 0 saturated heterocycles. The van der Waals surface area contributed by atoms with Crippen LogP contribution in [0, 0.1) is 0 Å². The van der Waals surface area contributed by atoms with Gasteiger partial charge in [0.05, 0.1) is 6.10 Å². The van der Waals surface area contributed by atoms with Crippen LogP contribution in [-0.4, -0.2) is 17.3 Å². The number of hydrogen-bond donors (Lipinski definition) is 2. The Morgan fingerprint density at radius 2 is 2.47 bits per heavy atom. The van der Waals surface area contributed by atoms with Crippen molar-refractivity contribution >= 4 is 11.3 Å². The highest BCUT2D eigenvalue weighted by atomic mass is 32.1. The van der Waals surface area contributed by atoms with E-state index in [9.17, 15) is 5.11 Å². The molecule has 2 nitrogen and oxygen atoms in total. The van der Waals surface area contributed by atoms with Gasteiger partial charge in [-0.05, 0) is 37.1 Å². The van der Waals surface area contributed by atoms with Crippen molar-refractivity contribution in [3.63, 3.8) is 0 Å². The third-order valence-corrected chi connectivity index (χ3v) is 4.18. The van der Waals surface area contributed by atoms with E-state index in [2.05, 4.69) is 29.8 Å². The van der Waals surface area contributed by atoms with E-state index in [-0.39, 0.29) is 6.10 Å². The number of aliphatic hydroxyl groups excluding tert-OH is 1. The lowest BCUT2D eigenvalue weighted by atomic mass is 10.1. The summed E-state index contributed by atoms with van der Waals surface area (Å²) in [5, 5.41) is 15.5. The first-order chi connectivity index (χ1) is 7.31. The molecule has 3 atom stereocenters.